The van der Waals surface area contributed by atoms with Crippen LogP contribution in [-0.4, -0.2) is 39.3 Å². The van der Waals surface area contributed by atoms with Crippen molar-refractivity contribution in [3.63, 3.8) is 0 Å². The van der Waals surface area contributed by atoms with Crippen LogP contribution in [0.3, 0.4) is 0 Å². The van der Waals surface area contributed by atoms with E-state index in [4.69, 9.17) is 4.74 Å². The summed E-state index contributed by atoms with van der Waals surface area (Å²) in [5.41, 5.74) is 0. The molecule has 0 aliphatic heterocycles. The monoisotopic (exact) mass is 188 g/mol. The summed E-state index contributed by atoms with van der Waals surface area (Å²) >= 11 is 0. The highest BCUT2D eigenvalue weighted by atomic mass is 16.5. The van der Waals surface area contributed by atoms with Crippen LogP contribution in [0.1, 0.15) is 19.8 Å². The van der Waals surface area contributed by atoms with Crippen LogP contribution in [0.2, 0.25) is 0 Å². The average Bonchev–Trinajstić information content (AvgIpc) is 2.11. The van der Waals surface area contributed by atoms with Gasteiger partial charge in [-0.25, -0.2) is 0 Å². The van der Waals surface area contributed by atoms with Crippen molar-refractivity contribution in [1.82, 2.24) is 10.6 Å². The molecular formula is C9H20N2O2. The van der Waals surface area contributed by atoms with Crippen LogP contribution >= 0.6 is 0 Å². The van der Waals surface area contributed by atoms with Gasteiger partial charge in [-0.05, 0) is 19.9 Å². The molecule has 4 heteroatoms. The molecule has 0 unspecified atom stereocenters. The lowest BCUT2D eigenvalue weighted by molar-refractivity contribution is -0.120. The molecule has 0 fully saturated rings. The van der Waals surface area contributed by atoms with Crippen molar-refractivity contribution in [2.45, 2.75) is 19.8 Å². The minimum atomic E-state index is 0.0398. The Hall–Kier alpha value is -0.610. The second kappa shape index (κ2) is 9.48. The van der Waals surface area contributed by atoms with Crippen LogP contribution in [0.25, 0.3) is 0 Å². The summed E-state index contributed by atoms with van der Waals surface area (Å²) in [6.07, 6.45) is 1.93. The lowest BCUT2D eigenvalue weighted by Crippen LogP contribution is -2.33. The lowest BCUT2D eigenvalue weighted by Gasteiger charge is -2.04. The molecule has 0 aromatic carbocycles. The number of likely N-dealkylation sites (N-methyl/N-ethyl adjacent to an activating group) is 1. The van der Waals surface area contributed by atoms with Crippen molar-refractivity contribution < 1.29 is 9.53 Å². The molecule has 0 saturated heterocycles. The fourth-order valence-corrected chi connectivity index (χ4v) is 0.871. The molecule has 0 bridgehead atoms. The molecule has 0 spiro atoms. The number of hydrogen-bond donors (Lipinski definition) is 2. The average molecular weight is 188 g/mol. The molecule has 0 rings (SSSR count). The van der Waals surface area contributed by atoms with Crippen LogP contribution in [0.4, 0.5) is 0 Å². The zero-order chi connectivity index (χ0) is 9.94. The van der Waals surface area contributed by atoms with Crippen LogP contribution in [-0.2, 0) is 9.53 Å². The standard InChI is InChI=1S/C9H20N2O2/c1-3-6-13-7-4-5-11-9(12)8-10-2/h10H,3-8H2,1-2H3,(H,11,12). The molecule has 4 nitrogen and oxygen atoms in total. The summed E-state index contributed by atoms with van der Waals surface area (Å²) in [6.45, 7) is 4.70. The van der Waals surface area contributed by atoms with E-state index in [0.717, 1.165) is 26.1 Å². The molecule has 0 aliphatic rings. The highest BCUT2D eigenvalue weighted by Gasteiger charge is 1.96. The van der Waals surface area contributed by atoms with Gasteiger partial charge in [-0.3, -0.25) is 4.79 Å². The van der Waals surface area contributed by atoms with E-state index < -0.39 is 0 Å². The number of carbonyl (C=O) groups excluding carboxylic acids is 1. The van der Waals surface area contributed by atoms with Gasteiger partial charge in [0.1, 0.15) is 0 Å². The smallest absolute Gasteiger partial charge is 0.233 e. The fourth-order valence-electron chi connectivity index (χ4n) is 0.871. The Labute approximate surface area is 80.0 Å². The summed E-state index contributed by atoms with van der Waals surface area (Å²) in [6, 6.07) is 0. The van der Waals surface area contributed by atoms with Crippen molar-refractivity contribution in [2.24, 2.45) is 0 Å². The van der Waals surface area contributed by atoms with Crippen molar-refractivity contribution in [1.29, 1.82) is 0 Å². The van der Waals surface area contributed by atoms with Crippen LogP contribution in [0.5, 0.6) is 0 Å². The second-order valence-corrected chi connectivity index (χ2v) is 2.85. The highest BCUT2D eigenvalue weighted by molar-refractivity contribution is 5.77. The summed E-state index contributed by atoms with van der Waals surface area (Å²) in [7, 11) is 1.75. The summed E-state index contributed by atoms with van der Waals surface area (Å²) in [4.78, 5) is 10.9. The van der Waals surface area contributed by atoms with Crippen LogP contribution in [0, 0.1) is 0 Å². The maximum Gasteiger partial charge on any atom is 0.233 e. The Bertz CT molecular complexity index is 129. The summed E-state index contributed by atoms with van der Waals surface area (Å²) < 4.78 is 5.26. The Morgan fingerprint density at radius 2 is 2.15 bits per heavy atom. The SMILES string of the molecule is CCCOCCCNC(=O)CNC. The number of rotatable bonds is 8. The zero-order valence-corrected chi connectivity index (χ0v) is 8.56. The highest BCUT2D eigenvalue weighted by Crippen LogP contribution is 1.83. The van der Waals surface area contributed by atoms with Gasteiger partial charge in [0.15, 0.2) is 0 Å². The fraction of sp³-hybridized carbons (Fsp3) is 0.889. The molecular weight excluding hydrogens is 168 g/mol. The Morgan fingerprint density at radius 3 is 2.77 bits per heavy atom. The van der Waals surface area contributed by atoms with E-state index in [9.17, 15) is 4.79 Å². The van der Waals surface area contributed by atoms with E-state index in [1.54, 1.807) is 7.05 Å². The van der Waals surface area contributed by atoms with Gasteiger partial charge in [-0.15, -0.1) is 0 Å². The Kier molecular flexibility index (Phi) is 9.03. The number of carbonyl (C=O) groups is 1. The third-order valence-electron chi connectivity index (χ3n) is 1.47. The van der Waals surface area contributed by atoms with E-state index >= 15 is 0 Å². The van der Waals surface area contributed by atoms with Gasteiger partial charge in [0.25, 0.3) is 0 Å². The van der Waals surface area contributed by atoms with Gasteiger partial charge in [-0.2, -0.15) is 0 Å². The topological polar surface area (TPSA) is 50.4 Å². The zero-order valence-electron chi connectivity index (χ0n) is 8.56. The number of nitrogens with one attached hydrogen (secondary N) is 2. The van der Waals surface area contributed by atoms with Crippen molar-refractivity contribution in [2.75, 3.05) is 33.4 Å². The van der Waals surface area contributed by atoms with Gasteiger partial charge in [0, 0.05) is 19.8 Å². The Morgan fingerprint density at radius 1 is 1.38 bits per heavy atom. The molecule has 0 heterocycles. The molecule has 2 N–H and O–H groups in total. The quantitative estimate of drug-likeness (QED) is 0.533. The molecule has 13 heavy (non-hydrogen) atoms. The predicted octanol–water partition coefficient (Wildman–Crippen LogP) is 0.139. The first-order valence-electron chi connectivity index (χ1n) is 4.80. The first-order valence-corrected chi connectivity index (χ1v) is 4.80. The van der Waals surface area contributed by atoms with E-state index in [1.807, 2.05) is 0 Å². The van der Waals surface area contributed by atoms with Crippen molar-refractivity contribution in [3.05, 3.63) is 0 Å². The predicted molar refractivity (Wildman–Crippen MR) is 52.7 cm³/mol. The summed E-state index contributed by atoms with van der Waals surface area (Å²) in [5.74, 6) is 0.0398. The van der Waals surface area contributed by atoms with E-state index in [2.05, 4.69) is 17.6 Å². The van der Waals surface area contributed by atoms with Gasteiger partial charge in [0.05, 0.1) is 6.54 Å². The molecule has 0 radical (unpaired) electrons. The normalized spacial score (nSPS) is 10.0. The first kappa shape index (κ1) is 12.4. The van der Waals surface area contributed by atoms with Gasteiger partial charge < -0.3 is 15.4 Å². The first-order chi connectivity index (χ1) is 6.31. The van der Waals surface area contributed by atoms with Crippen LogP contribution in [0.15, 0.2) is 0 Å². The maximum atomic E-state index is 10.9. The Balaban J connectivity index is 3.02. The van der Waals surface area contributed by atoms with Crippen molar-refractivity contribution >= 4 is 5.91 Å². The van der Waals surface area contributed by atoms with E-state index in [-0.39, 0.29) is 5.91 Å². The molecule has 0 aliphatic carbocycles. The number of amides is 1. The van der Waals surface area contributed by atoms with Gasteiger partial charge in [0.2, 0.25) is 5.91 Å². The molecule has 0 aromatic rings. The maximum absolute atomic E-state index is 10.9. The number of hydrogen-bond acceptors (Lipinski definition) is 3. The molecule has 1 amide bonds. The lowest BCUT2D eigenvalue weighted by atomic mass is 10.4. The van der Waals surface area contributed by atoms with Crippen molar-refractivity contribution in [3.8, 4) is 0 Å². The van der Waals surface area contributed by atoms with E-state index in [1.165, 1.54) is 0 Å². The third kappa shape index (κ3) is 9.30. The molecule has 0 aromatic heterocycles. The second-order valence-electron chi connectivity index (χ2n) is 2.85. The largest absolute Gasteiger partial charge is 0.381 e. The summed E-state index contributed by atoms with van der Waals surface area (Å²) in [5, 5.41) is 5.56. The third-order valence-corrected chi connectivity index (χ3v) is 1.47. The minimum Gasteiger partial charge on any atom is -0.381 e. The van der Waals surface area contributed by atoms with Gasteiger partial charge >= 0.3 is 0 Å². The van der Waals surface area contributed by atoms with Crippen LogP contribution < -0.4 is 10.6 Å². The number of ether oxygens (including phenoxy) is 1. The molecule has 78 valence electrons. The molecule has 0 saturated carbocycles. The molecule has 0 atom stereocenters. The van der Waals surface area contributed by atoms with Gasteiger partial charge in [-0.1, -0.05) is 6.92 Å². The minimum absolute atomic E-state index is 0.0398. The van der Waals surface area contributed by atoms with E-state index in [0.29, 0.717) is 13.1 Å².